The molecule has 0 atom stereocenters. The number of carbonyl (C=O) groups is 1. The summed E-state index contributed by atoms with van der Waals surface area (Å²) in [5.74, 6) is 0.377. The molecule has 1 aromatic heterocycles. The van der Waals surface area contributed by atoms with E-state index in [1.54, 1.807) is 0 Å². The lowest BCUT2D eigenvalue weighted by molar-refractivity contribution is -0.120. The molecule has 1 N–H and O–H groups in total. The number of aromatic nitrogens is 1. The molecule has 20 heavy (non-hydrogen) atoms. The molecular formula is C15H17ClN2OS. The van der Waals surface area contributed by atoms with Crippen LogP contribution >= 0.6 is 22.9 Å². The second kappa shape index (κ2) is 7.41. The lowest BCUT2D eigenvalue weighted by Gasteiger charge is -2.05. The SMILES string of the molecule is CCc1ccc(CNC(=O)Cc2nc(CCl)cs2)cc1. The number of amides is 1. The summed E-state index contributed by atoms with van der Waals surface area (Å²) in [5.41, 5.74) is 3.24. The molecule has 0 bridgehead atoms. The van der Waals surface area contributed by atoms with Crippen molar-refractivity contribution in [1.29, 1.82) is 0 Å². The number of carbonyl (C=O) groups excluding carboxylic acids is 1. The first-order valence-corrected chi connectivity index (χ1v) is 7.96. The third kappa shape index (κ3) is 4.32. The molecule has 106 valence electrons. The number of alkyl halides is 1. The zero-order valence-electron chi connectivity index (χ0n) is 11.4. The number of aryl methyl sites for hydroxylation is 1. The van der Waals surface area contributed by atoms with Crippen molar-refractivity contribution in [3.8, 4) is 0 Å². The molecule has 0 saturated heterocycles. The lowest BCUT2D eigenvalue weighted by atomic mass is 10.1. The average Bonchev–Trinajstić information content (AvgIpc) is 2.93. The van der Waals surface area contributed by atoms with Crippen LogP contribution < -0.4 is 5.32 Å². The summed E-state index contributed by atoms with van der Waals surface area (Å²) in [5, 5.41) is 5.60. The Balaban J connectivity index is 1.82. The van der Waals surface area contributed by atoms with Crippen molar-refractivity contribution in [1.82, 2.24) is 10.3 Å². The van der Waals surface area contributed by atoms with Gasteiger partial charge in [-0.1, -0.05) is 31.2 Å². The van der Waals surface area contributed by atoms with E-state index < -0.39 is 0 Å². The number of halogens is 1. The summed E-state index contributed by atoms with van der Waals surface area (Å²) in [6.45, 7) is 2.68. The van der Waals surface area contributed by atoms with Crippen LogP contribution in [0.1, 0.15) is 28.8 Å². The monoisotopic (exact) mass is 308 g/mol. The van der Waals surface area contributed by atoms with Crippen molar-refractivity contribution in [2.75, 3.05) is 0 Å². The fourth-order valence-electron chi connectivity index (χ4n) is 1.78. The summed E-state index contributed by atoms with van der Waals surface area (Å²) >= 11 is 7.16. The Labute approximate surface area is 128 Å². The first kappa shape index (κ1) is 15.0. The second-order valence-electron chi connectivity index (χ2n) is 4.49. The van der Waals surface area contributed by atoms with E-state index in [0.717, 1.165) is 22.7 Å². The number of nitrogens with one attached hydrogen (secondary N) is 1. The molecule has 1 heterocycles. The zero-order chi connectivity index (χ0) is 14.4. The number of hydrogen-bond acceptors (Lipinski definition) is 3. The molecule has 2 aromatic rings. The van der Waals surface area contributed by atoms with E-state index in [1.807, 2.05) is 17.5 Å². The van der Waals surface area contributed by atoms with Crippen LogP contribution in [0, 0.1) is 0 Å². The van der Waals surface area contributed by atoms with E-state index in [-0.39, 0.29) is 5.91 Å². The van der Waals surface area contributed by atoms with E-state index in [0.29, 0.717) is 18.8 Å². The summed E-state index contributed by atoms with van der Waals surface area (Å²) in [6.07, 6.45) is 1.34. The average molecular weight is 309 g/mol. The van der Waals surface area contributed by atoms with E-state index in [2.05, 4.69) is 29.4 Å². The van der Waals surface area contributed by atoms with Gasteiger partial charge in [0.2, 0.25) is 5.91 Å². The van der Waals surface area contributed by atoms with Gasteiger partial charge in [-0.15, -0.1) is 22.9 Å². The van der Waals surface area contributed by atoms with Crippen molar-refractivity contribution >= 4 is 28.8 Å². The van der Waals surface area contributed by atoms with Gasteiger partial charge in [0.25, 0.3) is 0 Å². The summed E-state index contributed by atoms with van der Waals surface area (Å²) in [7, 11) is 0. The molecule has 0 aliphatic rings. The van der Waals surface area contributed by atoms with Crippen LogP contribution in [-0.4, -0.2) is 10.9 Å². The Hall–Kier alpha value is -1.39. The minimum atomic E-state index is -0.0139. The highest BCUT2D eigenvalue weighted by molar-refractivity contribution is 7.09. The van der Waals surface area contributed by atoms with Crippen LogP contribution in [0.3, 0.4) is 0 Å². The molecule has 0 spiro atoms. The molecule has 5 heteroatoms. The van der Waals surface area contributed by atoms with E-state index in [1.165, 1.54) is 16.9 Å². The molecule has 1 amide bonds. The third-order valence-corrected chi connectivity index (χ3v) is 4.14. The van der Waals surface area contributed by atoms with E-state index in [4.69, 9.17) is 11.6 Å². The number of nitrogens with zero attached hydrogens (tertiary/aromatic N) is 1. The maximum Gasteiger partial charge on any atom is 0.227 e. The molecule has 3 nitrogen and oxygen atoms in total. The largest absolute Gasteiger partial charge is 0.352 e. The van der Waals surface area contributed by atoms with E-state index >= 15 is 0 Å². The van der Waals surface area contributed by atoms with E-state index in [9.17, 15) is 4.79 Å². The van der Waals surface area contributed by atoms with Crippen LogP contribution in [0.15, 0.2) is 29.6 Å². The Morgan fingerprint density at radius 3 is 2.60 bits per heavy atom. The second-order valence-corrected chi connectivity index (χ2v) is 5.70. The Morgan fingerprint density at radius 1 is 1.30 bits per heavy atom. The number of rotatable bonds is 6. The van der Waals surface area contributed by atoms with Gasteiger partial charge in [0.05, 0.1) is 18.0 Å². The fraction of sp³-hybridized carbons (Fsp3) is 0.333. The van der Waals surface area contributed by atoms with Crippen molar-refractivity contribution in [2.45, 2.75) is 32.2 Å². The fourth-order valence-corrected chi connectivity index (χ4v) is 2.81. The van der Waals surface area contributed by atoms with Gasteiger partial charge >= 0.3 is 0 Å². The van der Waals surface area contributed by atoms with Gasteiger partial charge in [0.1, 0.15) is 5.01 Å². The first-order valence-electron chi connectivity index (χ1n) is 6.55. The molecule has 0 saturated carbocycles. The molecule has 0 unspecified atom stereocenters. The normalized spacial score (nSPS) is 10.5. The molecular weight excluding hydrogens is 292 g/mol. The van der Waals surface area contributed by atoms with Crippen LogP contribution in [-0.2, 0) is 30.1 Å². The zero-order valence-corrected chi connectivity index (χ0v) is 12.9. The number of thiazole rings is 1. The predicted molar refractivity (Wildman–Crippen MR) is 83.0 cm³/mol. The van der Waals surface area contributed by atoms with Gasteiger partial charge < -0.3 is 5.32 Å². The van der Waals surface area contributed by atoms with Crippen molar-refractivity contribution in [2.24, 2.45) is 0 Å². The van der Waals surface area contributed by atoms with Crippen LogP contribution in [0.4, 0.5) is 0 Å². The molecule has 0 fully saturated rings. The van der Waals surface area contributed by atoms with Gasteiger partial charge in [-0.25, -0.2) is 4.98 Å². The molecule has 0 aliphatic carbocycles. The molecule has 1 aromatic carbocycles. The minimum absolute atomic E-state index is 0.0139. The summed E-state index contributed by atoms with van der Waals surface area (Å²) in [4.78, 5) is 16.1. The predicted octanol–water partition coefficient (Wildman–Crippen LogP) is 3.30. The van der Waals surface area contributed by atoms with Gasteiger partial charge in [-0.05, 0) is 17.5 Å². The van der Waals surface area contributed by atoms with Gasteiger partial charge in [0, 0.05) is 11.9 Å². The van der Waals surface area contributed by atoms with Gasteiger partial charge in [-0.3, -0.25) is 4.79 Å². The third-order valence-electron chi connectivity index (χ3n) is 2.97. The van der Waals surface area contributed by atoms with Crippen molar-refractivity contribution < 1.29 is 4.79 Å². The smallest absolute Gasteiger partial charge is 0.227 e. The summed E-state index contributed by atoms with van der Waals surface area (Å²) in [6, 6.07) is 8.28. The van der Waals surface area contributed by atoms with Gasteiger partial charge in [0.15, 0.2) is 0 Å². The lowest BCUT2D eigenvalue weighted by Crippen LogP contribution is -2.24. The Bertz CT molecular complexity index is 566. The van der Waals surface area contributed by atoms with Crippen molar-refractivity contribution in [3.05, 3.63) is 51.5 Å². The first-order chi connectivity index (χ1) is 9.71. The number of hydrogen-bond donors (Lipinski definition) is 1. The van der Waals surface area contributed by atoms with Crippen molar-refractivity contribution in [3.63, 3.8) is 0 Å². The molecule has 0 aliphatic heterocycles. The summed E-state index contributed by atoms with van der Waals surface area (Å²) < 4.78 is 0. The standard InChI is InChI=1S/C15H17ClN2OS/c1-2-11-3-5-12(6-4-11)9-17-14(19)7-15-18-13(8-16)10-20-15/h3-6,10H,2,7-9H2,1H3,(H,17,19). The maximum absolute atomic E-state index is 11.8. The Morgan fingerprint density at radius 2 is 2.00 bits per heavy atom. The number of benzene rings is 1. The molecule has 0 radical (unpaired) electrons. The Kier molecular flexibility index (Phi) is 5.56. The maximum atomic E-state index is 11.8. The van der Waals surface area contributed by atoms with Gasteiger partial charge in [-0.2, -0.15) is 0 Å². The minimum Gasteiger partial charge on any atom is -0.352 e. The highest BCUT2D eigenvalue weighted by atomic mass is 35.5. The van der Waals surface area contributed by atoms with Crippen LogP contribution in [0.25, 0.3) is 0 Å². The highest BCUT2D eigenvalue weighted by Gasteiger charge is 2.07. The van der Waals surface area contributed by atoms with Crippen LogP contribution in [0.5, 0.6) is 0 Å². The molecule has 2 rings (SSSR count). The quantitative estimate of drug-likeness (QED) is 0.832. The highest BCUT2D eigenvalue weighted by Crippen LogP contribution is 2.12. The topological polar surface area (TPSA) is 42.0 Å². The van der Waals surface area contributed by atoms with Crippen LogP contribution in [0.2, 0.25) is 0 Å².